The van der Waals surface area contributed by atoms with Crippen LogP contribution in [0.1, 0.15) is 60.0 Å². The van der Waals surface area contributed by atoms with E-state index < -0.39 is 5.91 Å². The number of primary amides is 1. The van der Waals surface area contributed by atoms with Crippen LogP contribution in [0.3, 0.4) is 0 Å². The lowest BCUT2D eigenvalue weighted by Gasteiger charge is -2.38. The van der Waals surface area contributed by atoms with Gasteiger partial charge in [-0.25, -0.2) is 19.9 Å². The molecule has 1 amide bonds. The van der Waals surface area contributed by atoms with Gasteiger partial charge in [0.1, 0.15) is 21.8 Å². The number of amides is 1. The van der Waals surface area contributed by atoms with E-state index in [4.69, 9.17) is 36.6 Å². The average Bonchev–Trinajstić information content (AvgIpc) is 3.89. The average molecular weight is 847 g/mol. The maximum Gasteiger partial charge on any atom is 0.248 e. The highest BCUT2D eigenvalue weighted by atomic mass is 32.2. The number of hydrogen-bond acceptors (Lipinski definition) is 9. The van der Waals surface area contributed by atoms with Gasteiger partial charge in [0.15, 0.2) is 5.65 Å². The molecule has 11 heteroatoms. The minimum Gasteiger partial charge on any atom is -0.436 e. The van der Waals surface area contributed by atoms with E-state index in [1.165, 1.54) is 18.4 Å². The lowest BCUT2D eigenvalue weighted by atomic mass is 9.72. The van der Waals surface area contributed by atoms with Crippen LogP contribution in [0, 0.1) is 0 Å². The van der Waals surface area contributed by atoms with Crippen molar-refractivity contribution in [1.82, 2.24) is 24.9 Å². The van der Waals surface area contributed by atoms with Crippen molar-refractivity contribution in [2.24, 2.45) is 17.2 Å². The predicted octanol–water partition coefficient (Wildman–Crippen LogP) is 11.0. The van der Waals surface area contributed by atoms with Crippen LogP contribution in [0.4, 0.5) is 0 Å². The summed E-state index contributed by atoms with van der Waals surface area (Å²) in [5.74, 6) is 0.224. The Balaban J connectivity index is 0.000000153. The summed E-state index contributed by atoms with van der Waals surface area (Å²) < 4.78 is 6.28. The number of furan rings is 1. The highest BCUT2D eigenvalue weighted by Gasteiger charge is 2.35. The van der Waals surface area contributed by atoms with E-state index in [9.17, 15) is 4.79 Å². The van der Waals surface area contributed by atoms with Gasteiger partial charge in [0.05, 0.1) is 29.3 Å². The first-order chi connectivity index (χ1) is 30.7. The van der Waals surface area contributed by atoms with E-state index in [2.05, 4.69) is 82.8 Å². The second-order valence-electron chi connectivity index (χ2n) is 16.6. The van der Waals surface area contributed by atoms with E-state index >= 15 is 0 Å². The Morgan fingerprint density at radius 3 is 1.79 bits per heavy atom. The van der Waals surface area contributed by atoms with Crippen LogP contribution in [-0.2, 0) is 11.1 Å². The van der Waals surface area contributed by atoms with Crippen LogP contribution < -0.4 is 17.2 Å². The maximum atomic E-state index is 11.7. The van der Waals surface area contributed by atoms with E-state index in [1.807, 2.05) is 54.9 Å². The van der Waals surface area contributed by atoms with Crippen molar-refractivity contribution in [3.63, 3.8) is 0 Å². The summed E-state index contributed by atoms with van der Waals surface area (Å²) in [6.07, 6.45) is 12.1. The van der Waals surface area contributed by atoms with Gasteiger partial charge in [-0.3, -0.25) is 4.79 Å². The molecule has 9 aromatic rings. The zero-order valence-corrected chi connectivity index (χ0v) is 35.7. The van der Waals surface area contributed by atoms with E-state index in [1.54, 1.807) is 36.2 Å². The predicted molar refractivity (Wildman–Crippen MR) is 253 cm³/mol. The van der Waals surface area contributed by atoms with Gasteiger partial charge in [-0.05, 0) is 84.7 Å². The summed E-state index contributed by atoms with van der Waals surface area (Å²) in [7, 11) is 0. The van der Waals surface area contributed by atoms with Crippen molar-refractivity contribution in [2.75, 3.05) is 6.26 Å². The molecule has 0 radical (unpaired) electrons. The number of nitrogens with two attached hydrogens (primary N) is 3. The molecule has 312 valence electrons. The summed E-state index contributed by atoms with van der Waals surface area (Å²) in [6, 6.07) is 44.5. The van der Waals surface area contributed by atoms with E-state index in [0.717, 1.165) is 92.1 Å². The first-order valence-corrected chi connectivity index (χ1v) is 22.5. The number of hydrogen-bond donors (Lipinski definition) is 4. The standard InChI is InChI=1S/C29H24N4O2.C23H22N4S/c30-27(34)21-9-4-8-20(16-21)23-17-32-28-25(33-23)24(18-6-2-1-3-7-18)26(35-28)19-10-12-22(13-11-19)29(31)14-5-15-29;1-28-18-14-25-21-19(15-6-3-2-4-7-15)20(27-22(21)26-18)16-8-10-17(11-9-16)23(24)12-5-13-23/h1-4,6-13,16-17H,5,14-15,31H2,(H2,30,34);2-4,6-11,14H,5,12-13,24H2,1H3,(H,26,27). The van der Waals surface area contributed by atoms with Crippen molar-refractivity contribution in [3.05, 3.63) is 163 Å². The van der Waals surface area contributed by atoms with Gasteiger partial charge in [-0.1, -0.05) is 121 Å². The molecule has 2 aliphatic rings. The molecule has 0 aliphatic heterocycles. The Bertz CT molecular complexity index is 3100. The topological polar surface area (TPSA) is 176 Å². The molecule has 2 aliphatic carbocycles. The number of rotatable bonds is 9. The fourth-order valence-corrected chi connectivity index (χ4v) is 9.02. The monoisotopic (exact) mass is 846 g/mol. The van der Waals surface area contributed by atoms with Crippen LogP contribution in [0.2, 0.25) is 0 Å². The summed E-state index contributed by atoms with van der Waals surface area (Å²) in [4.78, 5) is 34.1. The first-order valence-electron chi connectivity index (χ1n) is 21.2. The highest BCUT2D eigenvalue weighted by Crippen LogP contribution is 2.44. The quantitative estimate of drug-likeness (QED) is 0.103. The second kappa shape index (κ2) is 16.4. The molecule has 5 aromatic carbocycles. The van der Waals surface area contributed by atoms with Crippen LogP contribution in [0.25, 0.3) is 78.5 Å². The summed E-state index contributed by atoms with van der Waals surface area (Å²) in [6.45, 7) is 0. The van der Waals surface area contributed by atoms with Gasteiger partial charge in [0.2, 0.25) is 11.6 Å². The van der Waals surface area contributed by atoms with E-state index in [0.29, 0.717) is 28.2 Å². The molecule has 11 rings (SSSR count). The Hall–Kier alpha value is -6.92. The number of aromatic nitrogens is 5. The van der Waals surface area contributed by atoms with Gasteiger partial charge in [-0.15, -0.1) is 11.8 Å². The number of fused-ring (bicyclic) bond motifs is 2. The summed E-state index contributed by atoms with van der Waals surface area (Å²) >= 11 is 1.60. The minimum absolute atomic E-state index is 0.141. The van der Waals surface area contributed by atoms with Crippen LogP contribution in [0.5, 0.6) is 0 Å². The fourth-order valence-electron chi connectivity index (χ4n) is 8.68. The number of aromatic amines is 1. The summed E-state index contributed by atoms with van der Waals surface area (Å²) in [5, 5.41) is 0.908. The Labute approximate surface area is 369 Å². The molecule has 4 aromatic heterocycles. The Morgan fingerprint density at radius 2 is 1.22 bits per heavy atom. The third kappa shape index (κ3) is 7.58. The first kappa shape index (κ1) is 40.2. The fraction of sp³-hybridized carbons (Fsp3) is 0.173. The van der Waals surface area contributed by atoms with Gasteiger partial charge in [0.25, 0.3) is 0 Å². The lowest BCUT2D eigenvalue weighted by Crippen LogP contribution is -2.43. The molecule has 0 saturated heterocycles. The van der Waals surface area contributed by atoms with Crippen molar-refractivity contribution in [2.45, 2.75) is 54.6 Å². The zero-order valence-electron chi connectivity index (χ0n) is 34.8. The molecule has 0 atom stereocenters. The van der Waals surface area contributed by atoms with E-state index in [-0.39, 0.29) is 11.1 Å². The van der Waals surface area contributed by atoms with Crippen molar-refractivity contribution in [3.8, 4) is 56.1 Å². The van der Waals surface area contributed by atoms with Gasteiger partial charge in [0, 0.05) is 33.3 Å². The molecule has 0 unspecified atom stereocenters. The number of H-pyrrole nitrogens is 1. The lowest BCUT2D eigenvalue weighted by molar-refractivity contribution is 0.1000. The molecule has 0 spiro atoms. The molecule has 2 saturated carbocycles. The molecular weight excluding hydrogens is 801 g/mol. The molecule has 4 heterocycles. The normalized spacial score (nSPS) is 15.0. The SMILES string of the molecule is CSc1cnc2c(-c3ccccc3)c(-c3ccc(C4(N)CCC4)cc3)[nH]c2n1.NC(=O)c1cccc(-c2cnc3oc(-c4ccc(C5(N)CCC5)cc4)c(-c4ccccc4)c3n2)c1. The third-order valence-electron chi connectivity index (χ3n) is 12.6. The molecular formula is C52H46N8O2S. The number of nitrogens with zero attached hydrogens (tertiary/aromatic N) is 4. The van der Waals surface area contributed by atoms with Gasteiger partial charge >= 0.3 is 0 Å². The number of carbonyl (C=O) groups excluding carboxylic acids is 1. The minimum atomic E-state index is -0.485. The third-order valence-corrected chi connectivity index (χ3v) is 13.2. The number of benzene rings is 5. The number of nitrogens with one attached hydrogen (secondary N) is 1. The van der Waals surface area contributed by atoms with Crippen molar-refractivity contribution in [1.29, 1.82) is 0 Å². The van der Waals surface area contributed by atoms with Crippen molar-refractivity contribution >= 4 is 40.1 Å². The number of carbonyl (C=O) groups is 1. The molecule has 10 nitrogen and oxygen atoms in total. The van der Waals surface area contributed by atoms with Gasteiger partial charge in [-0.2, -0.15) is 0 Å². The number of thioether (sulfide) groups is 1. The smallest absolute Gasteiger partial charge is 0.248 e. The largest absolute Gasteiger partial charge is 0.436 e. The summed E-state index contributed by atoms with van der Waals surface area (Å²) in [5.41, 5.74) is 32.3. The highest BCUT2D eigenvalue weighted by molar-refractivity contribution is 7.98. The second-order valence-corrected chi connectivity index (χ2v) is 17.4. The van der Waals surface area contributed by atoms with Crippen LogP contribution >= 0.6 is 11.8 Å². The molecule has 63 heavy (non-hydrogen) atoms. The van der Waals surface area contributed by atoms with Gasteiger partial charge < -0.3 is 26.6 Å². The van der Waals surface area contributed by atoms with Crippen molar-refractivity contribution < 1.29 is 9.21 Å². The maximum absolute atomic E-state index is 11.7. The molecule has 7 N–H and O–H groups in total. The Kier molecular flexibility index (Phi) is 10.5. The Morgan fingerprint density at radius 1 is 0.635 bits per heavy atom. The zero-order chi connectivity index (χ0) is 43.1. The molecule has 2 fully saturated rings. The van der Waals surface area contributed by atoms with Crippen LogP contribution in [0.15, 0.2) is 155 Å². The molecule has 0 bridgehead atoms. The van der Waals surface area contributed by atoms with Crippen LogP contribution in [-0.4, -0.2) is 37.1 Å².